The van der Waals surface area contributed by atoms with Gasteiger partial charge in [-0.25, -0.2) is 0 Å². The van der Waals surface area contributed by atoms with E-state index in [1.165, 1.54) is 7.11 Å². The molecular formula is C10H18O4. The molecule has 0 aliphatic rings. The summed E-state index contributed by atoms with van der Waals surface area (Å²) >= 11 is 0. The van der Waals surface area contributed by atoms with Gasteiger partial charge in [0.1, 0.15) is 0 Å². The zero-order valence-corrected chi connectivity index (χ0v) is 8.95. The average molecular weight is 202 g/mol. The van der Waals surface area contributed by atoms with E-state index in [4.69, 9.17) is 5.11 Å². The first kappa shape index (κ1) is 12.9. The molecule has 0 saturated carbocycles. The highest BCUT2D eigenvalue weighted by Crippen LogP contribution is 2.22. The molecular weight excluding hydrogens is 184 g/mol. The predicted molar refractivity (Wildman–Crippen MR) is 51.8 cm³/mol. The van der Waals surface area contributed by atoms with Gasteiger partial charge in [-0.05, 0) is 12.8 Å². The van der Waals surface area contributed by atoms with Gasteiger partial charge in [-0.1, -0.05) is 20.3 Å². The van der Waals surface area contributed by atoms with Gasteiger partial charge in [0, 0.05) is 0 Å². The van der Waals surface area contributed by atoms with Gasteiger partial charge in [-0.2, -0.15) is 0 Å². The highest BCUT2D eigenvalue weighted by molar-refractivity contribution is 5.80. The fourth-order valence-electron chi connectivity index (χ4n) is 1.57. The van der Waals surface area contributed by atoms with Crippen molar-refractivity contribution in [3.8, 4) is 0 Å². The number of methoxy groups -OCH3 is 1. The highest BCUT2D eigenvalue weighted by Gasteiger charge is 2.32. The van der Waals surface area contributed by atoms with E-state index >= 15 is 0 Å². The van der Waals surface area contributed by atoms with Crippen LogP contribution in [0.25, 0.3) is 0 Å². The van der Waals surface area contributed by atoms with Gasteiger partial charge >= 0.3 is 11.9 Å². The van der Waals surface area contributed by atoms with Crippen LogP contribution in [0, 0.1) is 11.8 Å². The number of aliphatic carboxylic acids is 1. The first-order valence-corrected chi connectivity index (χ1v) is 4.89. The summed E-state index contributed by atoms with van der Waals surface area (Å²) in [5.74, 6) is -2.47. The lowest BCUT2D eigenvalue weighted by Crippen LogP contribution is -2.30. The second kappa shape index (κ2) is 6.40. The Balaban J connectivity index is 4.57. The molecule has 2 unspecified atom stereocenters. The molecule has 2 atom stereocenters. The summed E-state index contributed by atoms with van der Waals surface area (Å²) < 4.78 is 4.58. The minimum absolute atomic E-state index is 0.423. The molecule has 0 radical (unpaired) electrons. The van der Waals surface area contributed by atoms with E-state index in [2.05, 4.69) is 4.74 Å². The molecule has 14 heavy (non-hydrogen) atoms. The van der Waals surface area contributed by atoms with Crippen LogP contribution in [0.5, 0.6) is 0 Å². The molecule has 1 N–H and O–H groups in total. The van der Waals surface area contributed by atoms with Crippen LogP contribution in [0.2, 0.25) is 0 Å². The highest BCUT2D eigenvalue weighted by atomic mass is 16.5. The molecule has 0 fully saturated rings. The Kier molecular flexibility index (Phi) is 5.92. The van der Waals surface area contributed by atoms with E-state index in [1.807, 2.05) is 6.92 Å². The van der Waals surface area contributed by atoms with E-state index < -0.39 is 23.8 Å². The minimum atomic E-state index is -0.913. The third kappa shape index (κ3) is 3.36. The van der Waals surface area contributed by atoms with Gasteiger partial charge in [0.05, 0.1) is 18.9 Å². The second-order valence-electron chi connectivity index (χ2n) is 3.27. The molecule has 0 heterocycles. The second-order valence-corrected chi connectivity index (χ2v) is 3.27. The Hall–Kier alpha value is -1.06. The Morgan fingerprint density at radius 1 is 1.29 bits per heavy atom. The molecule has 0 rings (SSSR count). The lowest BCUT2D eigenvalue weighted by atomic mass is 9.87. The Bertz CT molecular complexity index is 200. The van der Waals surface area contributed by atoms with Crippen molar-refractivity contribution < 1.29 is 19.4 Å². The topological polar surface area (TPSA) is 63.6 Å². The van der Waals surface area contributed by atoms with Crippen LogP contribution in [0.4, 0.5) is 0 Å². The first-order valence-electron chi connectivity index (χ1n) is 4.89. The number of carboxylic acids is 1. The van der Waals surface area contributed by atoms with E-state index in [0.717, 1.165) is 6.42 Å². The fourth-order valence-corrected chi connectivity index (χ4v) is 1.57. The maximum absolute atomic E-state index is 11.3. The third-order valence-corrected chi connectivity index (χ3v) is 2.35. The average Bonchev–Trinajstić information content (AvgIpc) is 2.16. The molecule has 4 nitrogen and oxygen atoms in total. The number of esters is 1. The molecule has 0 amide bonds. The fraction of sp³-hybridized carbons (Fsp3) is 0.800. The molecule has 0 bridgehead atoms. The molecule has 0 saturated heterocycles. The van der Waals surface area contributed by atoms with E-state index in [1.54, 1.807) is 6.92 Å². The number of carbonyl (C=O) groups excluding carboxylic acids is 1. The summed E-state index contributed by atoms with van der Waals surface area (Å²) in [4.78, 5) is 22.2. The molecule has 0 aromatic heterocycles. The van der Waals surface area contributed by atoms with E-state index in [0.29, 0.717) is 12.8 Å². The summed E-state index contributed by atoms with van der Waals surface area (Å²) in [6.07, 6.45) is 1.77. The van der Waals surface area contributed by atoms with Crippen LogP contribution in [0.3, 0.4) is 0 Å². The number of carboxylic acid groups (broad SMARTS) is 1. The zero-order valence-electron chi connectivity index (χ0n) is 8.95. The third-order valence-electron chi connectivity index (χ3n) is 2.35. The van der Waals surface area contributed by atoms with Crippen molar-refractivity contribution in [2.75, 3.05) is 7.11 Å². The van der Waals surface area contributed by atoms with Gasteiger partial charge in [-0.3, -0.25) is 9.59 Å². The molecule has 4 heteroatoms. The Morgan fingerprint density at radius 2 is 1.86 bits per heavy atom. The monoisotopic (exact) mass is 202 g/mol. The van der Waals surface area contributed by atoms with E-state index in [-0.39, 0.29) is 0 Å². The van der Waals surface area contributed by atoms with Crippen LogP contribution in [0.1, 0.15) is 33.1 Å². The number of ether oxygens (including phenoxy) is 1. The number of hydrogen-bond acceptors (Lipinski definition) is 3. The normalized spacial score (nSPS) is 14.5. The molecule has 0 aliphatic carbocycles. The van der Waals surface area contributed by atoms with Crippen molar-refractivity contribution in [2.24, 2.45) is 11.8 Å². The Morgan fingerprint density at radius 3 is 2.14 bits per heavy atom. The van der Waals surface area contributed by atoms with Crippen molar-refractivity contribution in [2.45, 2.75) is 33.1 Å². The number of hydrogen-bond donors (Lipinski definition) is 1. The van der Waals surface area contributed by atoms with Gasteiger partial charge in [0.25, 0.3) is 0 Å². The quantitative estimate of drug-likeness (QED) is 0.666. The molecule has 0 aromatic carbocycles. The lowest BCUT2D eigenvalue weighted by molar-refractivity contribution is -0.156. The van der Waals surface area contributed by atoms with Crippen LogP contribution in [-0.2, 0) is 14.3 Å². The predicted octanol–water partition coefficient (Wildman–Crippen LogP) is 1.69. The summed E-state index contributed by atoms with van der Waals surface area (Å²) in [7, 11) is 1.29. The minimum Gasteiger partial charge on any atom is -0.481 e. The summed E-state index contributed by atoms with van der Waals surface area (Å²) in [5.41, 5.74) is 0. The van der Waals surface area contributed by atoms with Crippen LogP contribution in [0.15, 0.2) is 0 Å². The molecule has 0 spiro atoms. The van der Waals surface area contributed by atoms with Gasteiger partial charge in [0.2, 0.25) is 0 Å². The smallest absolute Gasteiger partial charge is 0.309 e. The largest absolute Gasteiger partial charge is 0.481 e. The summed E-state index contributed by atoms with van der Waals surface area (Å²) in [6.45, 7) is 3.70. The first-order chi connectivity index (χ1) is 6.58. The van der Waals surface area contributed by atoms with Crippen LogP contribution >= 0.6 is 0 Å². The molecule has 0 aliphatic heterocycles. The lowest BCUT2D eigenvalue weighted by Gasteiger charge is -2.19. The standard InChI is InChI=1S/C10H18O4/c1-4-6-8(9(11)12)7(5-2)10(13)14-3/h7-8H,4-6H2,1-3H3,(H,11,12). The van der Waals surface area contributed by atoms with Crippen molar-refractivity contribution in [3.05, 3.63) is 0 Å². The maximum atomic E-state index is 11.3. The van der Waals surface area contributed by atoms with Crippen molar-refractivity contribution >= 4 is 11.9 Å². The van der Waals surface area contributed by atoms with Gasteiger partial charge in [0.15, 0.2) is 0 Å². The zero-order chi connectivity index (χ0) is 11.1. The van der Waals surface area contributed by atoms with Gasteiger partial charge in [-0.15, -0.1) is 0 Å². The summed E-state index contributed by atoms with van der Waals surface area (Å²) in [5, 5.41) is 8.94. The van der Waals surface area contributed by atoms with Gasteiger partial charge < -0.3 is 9.84 Å². The number of carbonyl (C=O) groups is 2. The van der Waals surface area contributed by atoms with Crippen molar-refractivity contribution in [3.63, 3.8) is 0 Å². The van der Waals surface area contributed by atoms with Crippen molar-refractivity contribution in [1.82, 2.24) is 0 Å². The van der Waals surface area contributed by atoms with Crippen LogP contribution < -0.4 is 0 Å². The van der Waals surface area contributed by atoms with Crippen LogP contribution in [-0.4, -0.2) is 24.2 Å². The molecule has 82 valence electrons. The maximum Gasteiger partial charge on any atom is 0.309 e. The van der Waals surface area contributed by atoms with E-state index in [9.17, 15) is 9.59 Å². The SMILES string of the molecule is CCCC(C(=O)O)C(CC)C(=O)OC. The Labute approximate surface area is 84.3 Å². The number of rotatable bonds is 6. The van der Waals surface area contributed by atoms with Crippen molar-refractivity contribution in [1.29, 1.82) is 0 Å². The molecule has 0 aromatic rings. The summed E-state index contributed by atoms with van der Waals surface area (Å²) in [6, 6.07) is 0.